The van der Waals surface area contributed by atoms with E-state index in [1.54, 1.807) is 12.1 Å². The lowest BCUT2D eigenvalue weighted by Gasteiger charge is -2.18. The van der Waals surface area contributed by atoms with Crippen LogP contribution in [-0.2, 0) is 11.3 Å². The van der Waals surface area contributed by atoms with Crippen LogP contribution in [0.3, 0.4) is 0 Å². The number of aromatic nitrogens is 1. The summed E-state index contributed by atoms with van der Waals surface area (Å²) in [6, 6.07) is 16.5. The molecule has 0 radical (unpaired) electrons. The van der Waals surface area contributed by atoms with Crippen LogP contribution in [0.4, 0.5) is 10.1 Å². The van der Waals surface area contributed by atoms with Gasteiger partial charge in [0.15, 0.2) is 6.04 Å². The van der Waals surface area contributed by atoms with E-state index in [9.17, 15) is 19.4 Å². The summed E-state index contributed by atoms with van der Waals surface area (Å²) in [6.45, 7) is 4.42. The topological polar surface area (TPSA) is 94.8 Å². The third-order valence-corrected chi connectivity index (χ3v) is 6.27. The average Bonchev–Trinajstić information content (AvgIpc) is 3.08. The molecule has 1 aliphatic heterocycles. The Morgan fingerprint density at radius 2 is 1.80 bits per heavy atom. The lowest BCUT2D eigenvalue weighted by atomic mass is 9.95. The van der Waals surface area contributed by atoms with E-state index in [2.05, 4.69) is 24.2 Å². The number of carboxylic acid groups (broad SMARTS) is 1. The second kappa shape index (κ2) is 8.83. The van der Waals surface area contributed by atoms with E-state index >= 15 is 0 Å². The Hall–Kier alpha value is -4.26. The first kappa shape index (κ1) is 22.5. The number of phenolic OH excluding ortho intramolecular Hbond substituents is 1. The Kier molecular flexibility index (Phi) is 5.68. The maximum Gasteiger partial charge on any atom is 0.331 e. The highest BCUT2D eigenvalue weighted by molar-refractivity contribution is 6.03. The molecule has 4 aromatic rings. The van der Waals surface area contributed by atoms with Gasteiger partial charge < -0.3 is 15.5 Å². The number of hydrogen-bond acceptors (Lipinski definition) is 5. The normalized spacial score (nSPS) is 15.0. The molecule has 0 spiro atoms. The SMILES string of the molecule is CC(C)c1ccc(O)c(-c2ccc(-c3nc4ccc(F)cc4c4c3CN=CC(C(=O)O)N4)cc2)c1. The van der Waals surface area contributed by atoms with Gasteiger partial charge in [-0.15, -0.1) is 0 Å². The fourth-order valence-corrected chi connectivity index (χ4v) is 4.35. The average molecular weight is 470 g/mol. The molecule has 5 rings (SSSR count). The molecule has 3 aromatic carbocycles. The van der Waals surface area contributed by atoms with Crippen molar-refractivity contribution in [2.45, 2.75) is 32.4 Å². The van der Waals surface area contributed by atoms with Crippen molar-refractivity contribution in [3.8, 4) is 28.1 Å². The van der Waals surface area contributed by atoms with Crippen LogP contribution >= 0.6 is 0 Å². The van der Waals surface area contributed by atoms with Gasteiger partial charge in [0.2, 0.25) is 0 Å². The molecule has 1 unspecified atom stereocenters. The molecule has 2 heterocycles. The minimum absolute atomic E-state index is 0.208. The van der Waals surface area contributed by atoms with Crippen LogP contribution in [0.2, 0.25) is 0 Å². The summed E-state index contributed by atoms with van der Waals surface area (Å²) < 4.78 is 14.1. The van der Waals surface area contributed by atoms with Gasteiger partial charge in [-0.2, -0.15) is 0 Å². The summed E-state index contributed by atoms with van der Waals surface area (Å²) in [5.41, 5.74) is 5.95. The highest BCUT2D eigenvalue weighted by atomic mass is 19.1. The largest absolute Gasteiger partial charge is 0.507 e. The first-order chi connectivity index (χ1) is 16.8. The molecule has 3 N–H and O–H groups in total. The molecule has 0 amide bonds. The quantitative estimate of drug-likeness (QED) is 0.341. The maximum atomic E-state index is 14.1. The van der Waals surface area contributed by atoms with Crippen LogP contribution in [0.5, 0.6) is 5.75 Å². The number of carbonyl (C=O) groups is 1. The first-order valence-corrected chi connectivity index (χ1v) is 11.4. The fraction of sp³-hybridized carbons (Fsp3) is 0.179. The van der Waals surface area contributed by atoms with E-state index in [0.29, 0.717) is 33.8 Å². The van der Waals surface area contributed by atoms with Gasteiger partial charge in [0.05, 0.1) is 23.4 Å². The van der Waals surface area contributed by atoms with Crippen molar-refractivity contribution in [3.63, 3.8) is 0 Å². The van der Waals surface area contributed by atoms with Crippen LogP contribution in [0.1, 0.15) is 30.9 Å². The number of halogens is 1. The van der Waals surface area contributed by atoms with E-state index < -0.39 is 17.8 Å². The molecule has 1 aromatic heterocycles. The summed E-state index contributed by atoms with van der Waals surface area (Å²) in [4.78, 5) is 20.8. The molecule has 7 heteroatoms. The standard InChI is InChI=1S/C28H24FN3O3/c1-15(2)18-7-10-25(33)20(11-18)16-3-5-17(6-4-16)26-22-13-30-14-24(28(34)35)32-27(22)21-12-19(29)8-9-23(21)31-26/h3-12,14-15,24,32-33H,13H2,1-2H3,(H,34,35). The first-order valence-electron chi connectivity index (χ1n) is 11.4. The molecule has 1 atom stereocenters. The van der Waals surface area contributed by atoms with Gasteiger partial charge in [-0.3, -0.25) is 4.99 Å². The van der Waals surface area contributed by atoms with Crippen LogP contribution in [0.25, 0.3) is 33.3 Å². The van der Waals surface area contributed by atoms with Crippen LogP contribution in [0.15, 0.2) is 65.7 Å². The van der Waals surface area contributed by atoms with Crippen LogP contribution < -0.4 is 5.32 Å². The number of nitrogens with one attached hydrogen (secondary N) is 1. The molecule has 0 fully saturated rings. The number of aromatic hydroxyl groups is 1. The monoisotopic (exact) mass is 469 g/mol. The Bertz CT molecular complexity index is 1480. The summed E-state index contributed by atoms with van der Waals surface area (Å²) in [6.07, 6.45) is 1.35. The molecule has 1 aliphatic rings. The Balaban J connectivity index is 1.64. The number of anilines is 1. The number of pyridine rings is 1. The molecule has 0 saturated carbocycles. The zero-order valence-corrected chi connectivity index (χ0v) is 19.3. The number of hydrogen-bond donors (Lipinski definition) is 3. The lowest BCUT2D eigenvalue weighted by molar-refractivity contribution is -0.136. The van der Waals surface area contributed by atoms with E-state index in [0.717, 1.165) is 22.3 Å². The smallest absolute Gasteiger partial charge is 0.331 e. The summed E-state index contributed by atoms with van der Waals surface area (Å²) in [5.74, 6) is -0.961. The van der Waals surface area contributed by atoms with Crippen molar-refractivity contribution >= 4 is 28.8 Å². The zero-order chi connectivity index (χ0) is 24.7. The molecular weight excluding hydrogens is 445 g/mol. The predicted octanol–water partition coefficient (Wildman–Crippen LogP) is 5.99. The second-order valence-electron chi connectivity index (χ2n) is 8.93. The molecular formula is C28H24FN3O3. The fourth-order valence-electron chi connectivity index (χ4n) is 4.35. The molecule has 176 valence electrons. The number of carboxylic acids is 1. The molecule has 35 heavy (non-hydrogen) atoms. The number of fused-ring (bicyclic) bond motifs is 3. The zero-order valence-electron chi connectivity index (χ0n) is 19.3. The highest BCUT2D eigenvalue weighted by Gasteiger charge is 2.24. The number of rotatable bonds is 4. The molecule has 0 saturated heterocycles. The van der Waals surface area contributed by atoms with Gasteiger partial charge in [0.25, 0.3) is 0 Å². The van der Waals surface area contributed by atoms with Crippen molar-refractivity contribution in [1.82, 2.24) is 4.98 Å². The molecule has 0 bridgehead atoms. The minimum Gasteiger partial charge on any atom is -0.507 e. The van der Waals surface area contributed by atoms with Crippen LogP contribution in [0, 0.1) is 5.82 Å². The third kappa shape index (κ3) is 4.21. The maximum absolute atomic E-state index is 14.1. The van der Waals surface area contributed by atoms with Crippen molar-refractivity contribution < 1.29 is 19.4 Å². The van der Waals surface area contributed by atoms with Gasteiger partial charge in [-0.05, 0) is 47.4 Å². The van der Waals surface area contributed by atoms with Crippen LogP contribution in [-0.4, -0.2) is 33.4 Å². The minimum atomic E-state index is -1.07. The Labute approximate surface area is 201 Å². The number of aliphatic imine (C=N–C) groups is 1. The van der Waals surface area contributed by atoms with Gasteiger partial charge in [0, 0.05) is 28.3 Å². The lowest BCUT2D eigenvalue weighted by Crippen LogP contribution is -2.30. The van der Waals surface area contributed by atoms with Crippen molar-refractivity contribution in [3.05, 3.63) is 77.6 Å². The number of aliphatic carboxylic acids is 1. The summed E-state index contributed by atoms with van der Waals surface area (Å²) in [7, 11) is 0. The predicted molar refractivity (Wildman–Crippen MR) is 136 cm³/mol. The van der Waals surface area contributed by atoms with Gasteiger partial charge in [-0.25, -0.2) is 14.2 Å². The van der Waals surface area contributed by atoms with Gasteiger partial charge >= 0.3 is 5.97 Å². The Morgan fingerprint density at radius 1 is 1.06 bits per heavy atom. The number of nitrogens with zero attached hydrogens (tertiary/aromatic N) is 2. The van der Waals surface area contributed by atoms with Crippen molar-refractivity contribution in [2.24, 2.45) is 4.99 Å². The van der Waals surface area contributed by atoms with Gasteiger partial charge in [-0.1, -0.05) is 44.2 Å². The van der Waals surface area contributed by atoms with Crippen molar-refractivity contribution in [2.75, 3.05) is 5.32 Å². The summed E-state index contributed by atoms with van der Waals surface area (Å²) >= 11 is 0. The molecule has 0 aliphatic carbocycles. The van der Waals surface area contributed by atoms with E-state index in [1.165, 1.54) is 18.3 Å². The number of benzene rings is 3. The van der Waals surface area contributed by atoms with E-state index in [4.69, 9.17) is 4.98 Å². The number of phenols is 1. The van der Waals surface area contributed by atoms with Gasteiger partial charge in [0.1, 0.15) is 11.6 Å². The third-order valence-electron chi connectivity index (χ3n) is 6.27. The van der Waals surface area contributed by atoms with E-state index in [1.807, 2.05) is 36.4 Å². The van der Waals surface area contributed by atoms with E-state index in [-0.39, 0.29) is 12.3 Å². The Morgan fingerprint density at radius 3 is 2.51 bits per heavy atom. The summed E-state index contributed by atoms with van der Waals surface area (Å²) in [5, 5.41) is 23.5. The molecule has 6 nitrogen and oxygen atoms in total. The second-order valence-corrected chi connectivity index (χ2v) is 8.93. The van der Waals surface area contributed by atoms with Crippen molar-refractivity contribution in [1.29, 1.82) is 0 Å². The highest BCUT2D eigenvalue weighted by Crippen LogP contribution is 2.38.